The summed E-state index contributed by atoms with van der Waals surface area (Å²) in [6, 6.07) is 10.2. The summed E-state index contributed by atoms with van der Waals surface area (Å²) in [5.41, 5.74) is 0.903. The predicted octanol–water partition coefficient (Wildman–Crippen LogP) is 3.52. The Balaban J connectivity index is 1.14. The number of piperidine rings is 2. The van der Waals surface area contributed by atoms with Crippen molar-refractivity contribution in [3.05, 3.63) is 35.9 Å². The molecule has 5 nitrogen and oxygen atoms in total. The number of benzene rings is 1. The third kappa shape index (κ3) is 3.66. The summed E-state index contributed by atoms with van der Waals surface area (Å²) >= 11 is 0. The first kappa shape index (κ1) is 20.0. The Kier molecular flexibility index (Phi) is 5.34. The molecular formula is C25H34N2O3. The van der Waals surface area contributed by atoms with E-state index in [0.717, 1.165) is 70.2 Å². The second-order valence-corrected chi connectivity index (χ2v) is 9.83. The molecule has 1 spiro atoms. The molecule has 30 heavy (non-hydrogen) atoms. The predicted molar refractivity (Wildman–Crippen MR) is 115 cm³/mol. The van der Waals surface area contributed by atoms with E-state index in [9.17, 15) is 9.59 Å². The zero-order valence-electron chi connectivity index (χ0n) is 18.0. The Morgan fingerprint density at radius 2 is 1.53 bits per heavy atom. The number of nitrogens with zero attached hydrogens (tertiary/aromatic N) is 2. The van der Waals surface area contributed by atoms with Gasteiger partial charge in [-0.05, 0) is 63.4 Å². The highest BCUT2D eigenvalue weighted by Crippen LogP contribution is 2.50. The molecule has 1 aromatic carbocycles. The van der Waals surface area contributed by atoms with Gasteiger partial charge in [0.1, 0.15) is 0 Å². The number of likely N-dealkylation sites (tertiary alicyclic amines) is 2. The number of rotatable bonds is 3. The lowest BCUT2D eigenvalue weighted by atomic mass is 9.83. The van der Waals surface area contributed by atoms with E-state index in [4.69, 9.17) is 4.74 Å². The lowest BCUT2D eigenvalue weighted by Crippen LogP contribution is -2.52. The van der Waals surface area contributed by atoms with Gasteiger partial charge in [-0.2, -0.15) is 0 Å². The van der Waals surface area contributed by atoms with Crippen molar-refractivity contribution < 1.29 is 14.3 Å². The van der Waals surface area contributed by atoms with Crippen LogP contribution in [-0.2, 0) is 19.7 Å². The second kappa shape index (κ2) is 7.99. The van der Waals surface area contributed by atoms with Gasteiger partial charge in [0.2, 0.25) is 11.8 Å². The average Bonchev–Trinajstić information content (AvgIpc) is 3.62. The van der Waals surface area contributed by atoms with E-state index in [-0.39, 0.29) is 22.8 Å². The molecule has 0 unspecified atom stereocenters. The molecule has 0 N–H and O–H groups in total. The van der Waals surface area contributed by atoms with Crippen molar-refractivity contribution in [2.45, 2.75) is 68.8 Å². The average molecular weight is 411 g/mol. The fourth-order valence-corrected chi connectivity index (χ4v) is 5.84. The van der Waals surface area contributed by atoms with Crippen molar-refractivity contribution in [2.24, 2.45) is 5.92 Å². The molecule has 162 valence electrons. The van der Waals surface area contributed by atoms with E-state index < -0.39 is 0 Å². The smallest absolute Gasteiger partial charge is 0.233 e. The van der Waals surface area contributed by atoms with E-state index in [1.807, 2.05) is 23.1 Å². The molecule has 5 rings (SSSR count). The van der Waals surface area contributed by atoms with Crippen molar-refractivity contribution in [2.75, 3.05) is 32.8 Å². The van der Waals surface area contributed by atoms with Crippen molar-refractivity contribution in [1.82, 2.24) is 9.80 Å². The minimum absolute atomic E-state index is 0.0425. The minimum atomic E-state index is -0.292. The molecule has 0 atom stereocenters. The first-order valence-electron chi connectivity index (χ1n) is 11.9. The molecule has 0 aromatic heterocycles. The maximum Gasteiger partial charge on any atom is 0.233 e. The topological polar surface area (TPSA) is 49.9 Å². The van der Waals surface area contributed by atoms with Crippen molar-refractivity contribution in [1.29, 1.82) is 0 Å². The van der Waals surface area contributed by atoms with Gasteiger partial charge in [0.05, 0.1) is 11.0 Å². The van der Waals surface area contributed by atoms with Gasteiger partial charge < -0.3 is 14.5 Å². The molecule has 1 aromatic rings. The van der Waals surface area contributed by atoms with Crippen LogP contribution < -0.4 is 0 Å². The van der Waals surface area contributed by atoms with Crippen LogP contribution in [0.1, 0.15) is 63.4 Å². The molecule has 0 bridgehead atoms. The number of hydrogen-bond acceptors (Lipinski definition) is 3. The second-order valence-electron chi connectivity index (χ2n) is 9.83. The fourth-order valence-electron chi connectivity index (χ4n) is 5.84. The van der Waals surface area contributed by atoms with Gasteiger partial charge >= 0.3 is 0 Å². The first-order valence-corrected chi connectivity index (χ1v) is 11.9. The number of hydrogen-bond donors (Lipinski definition) is 0. The van der Waals surface area contributed by atoms with Gasteiger partial charge in [-0.15, -0.1) is 0 Å². The van der Waals surface area contributed by atoms with Crippen molar-refractivity contribution >= 4 is 11.8 Å². The van der Waals surface area contributed by atoms with Gasteiger partial charge in [0.15, 0.2) is 0 Å². The molecule has 4 aliphatic rings. The third-order valence-corrected chi connectivity index (χ3v) is 8.04. The third-order valence-electron chi connectivity index (χ3n) is 8.04. The van der Waals surface area contributed by atoms with E-state index >= 15 is 0 Å². The molecule has 3 saturated heterocycles. The Morgan fingerprint density at radius 3 is 2.13 bits per heavy atom. The molecule has 3 heterocycles. The van der Waals surface area contributed by atoms with Gasteiger partial charge in [-0.25, -0.2) is 0 Å². The Bertz CT molecular complexity index is 765. The van der Waals surface area contributed by atoms with Crippen LogP contribution in [0.25, 0.3) is 0 Å². The van der Waals surface area contributed by atoms with Crippen LogP contribution in [0.2, 0.25) is 0 Å². The summed E-state index contributed by atoms with van der Waals surface area (Å²) < 4.78 is 6.11. The highest BCUT2D eigenvalue weighted by molar-refractivity contribution is 5.91. The summed E-state index contributed by atoms with van der Waals surface area (Å²) in [4.78, 5) is 30.4. The van der Waals surface area contributed by atoms with Gasteiger partial charge in [0, 0.05) is 38.7 Å². The van der Waals surface area contributed by atoms with Crippen LogP contribution in [0.4, 0.5) is 0 Å². The van der Waals surface area contributed by atoms with Crippen molar-refractivity contribution in [3.63, 3.8) is 0 Å². The van der Waals surface area contributed by atoms with Gasteiger partial charge in [-0.3, -0.25) is 9.59 Å². The first-order chi connectivity index (χ1) is 14.6. The highest BCUT2D eigenvalue weighted by Gasteiger charge is 2.53. The van der Waals surface area contributed by atoms with Crippen LogP contribution >= 0.6 is 0 Å². The van der Waals surface area contributed by atoms with E-state index in [2.05, 4.69) is 17.0 Å². The van der Waals surface area contributed by atoms with E-state index in [1.165, 1.54) is 12.8 Å². The zero-order valence-corrected chi connectivity index (χ0v) is 18.0. The van der Waals surface area contributed by atoms with Gasteiger partial charge in [-0.1, -0.05) is 30.3 Å². The van der Waals surface area contributed by atoms with Crippen LogP contribution in [0.3, 0.4) is 0 Å². The van der Waals surface area contributed by atoms with Crippen LogP contribution in [0.5, 0.6) is 0 Å². The maximum atomic E-state index is 13.2. The van der Waals surface area contributed by atoms with Crippen LogP contribution in [0, 0.1) is 5.92 Å². The van der Waals surface area contributed by atoms with Crippen molar-refractivity contribution in [3.8, 4) is 0 Å². The highest BCUT2D eigenvalue weighted by atomic mass is 16.5. The number of carbonyl (C=O) groups excluding carboxylic acids is 2. The molecule has 1 saturated carbocycles. The monoisotopic (exact) mass is 410 g/mol. The lowest BCUT2D eigenvalue weighted by molar-refractivity contribution is -0.149. The SMILES string of the molecule is O=C(C1CCN(C(=O)C2(c3ccccc3)CC2)CC1)N1CCC2(CCCCO2)CC1. The zero-order chi connectivity index (χ0) is 20.6. The number of amides is 2. The summed E-state index contributed by atoms with van der Waals surface area (Å²) in [5, 5.41) is 0. The molecule has 5 heteroatoms. The minimum Gasteiger partial charge on any atom is -0.375 e. The molecular weight excluding hydrogens is 376 g/mol. The fraction of sp³-hybridized carbons (Fsp3) is 0.680. The lowest BCUT2D eigenvalue weighted by Gasteiger charge is -2.45. The molecule has 3 aliphatic heterocycles. The Hall–Kier alpha value is -1.88. The Morgan fingerprint density at radius 1 is 0.833 bits per heavy atom. The number of ether oxygens (including phenoxy) is 1. The summed E-state index contributed by atoms with van der Waals surface area (Å²) in [7, 11) is 0. The summed E-state index contributed by atoms with van der Waals surface area (Å²) in [5.74, 6) is 0.646. The molecule has 4 fully saturated rings. The van der Waals surface area contributed by atoms with E-state index in [0.29, 0.717) is 19.0 Å². The van der Waals surface area contributed by atoms with Gasteiger partial charge in [0.25, 0.3) is 0 Å². The standard InChI is InChI=1S/C25H34N2O3/c28-22(26-17-13-24(14-18-26)10-4-5-19-30-24)20-8-15-27(16-9-20)23(29)25(11-12-25)21-6-2-1-3-7-21/h1-3,6-7,20H,4-5,8-19H2. The largest absolute Gasteiger partial charge is 0.375 e. The molecule has 0 radical (unpaired) electrons. The van der Waals surface area contributed by atoms with Crippen LogP contribution in [0.15, 0.2) is 30.3 Å². The number of carbonyl (C=O) groups is 2. The summed E-state index contributed by atoms with van der Waals surface area (Å²) in [6.07, 6.45) is 9.04. The molecule has 2 amide bonds. The quantitative estimate of drug-likeness (QED) is 0.766. The Labute approximate surface area is 179 Å². The normalized spacial score (nSPS) is 25.9. The summed E-state index contributed by atoms with van der Waals surface area (Å²) in [6.45, 7) is 3.96. The molecule has 1 aliphatic carbocycles. The maximum absolute atomic E-state index is 13.2. The van der Waals surface area contributed by atoms with Crippen LogP contribution in [-0.4, -0.2) is 60.0 Å². The van der Waals surface area contributed by atoms with E-state index in [1.54, 1.807) is 0 Å².